The highest BCUT2D eigenvalue weighted by Crippen LogP contribution is 2.32. The van der Waals surface area contributed by atoms with E-state index in [1.807, 2.05) is 0 Å². The number of rotatable bonds is 6. The third kappa shape index (κ3) is 4.49. The van der Waals surface area contributed by atoms with E-state index in [-0.39, 0.29) is 6.61 Å². The molecule has 15 heavy (non-hydrogen) atoms. The van der Waals surface area contributed by atoms with Gasteiger partial charge in [0.1, 0.15) is 0 Å². The maximum absolute atomic E-state index is 8.59. The van der Waals surface area contributed by atoms with Crippen molar-refractivity contribution in [2.75, 3.05) is 39.5 Å². The Labute approximate surface area is 93.4 Å². The topological polar surface area (TPSA) is 32.7 Å². The molecule has 3 heteroatoms. The second-order valence-corrected chi connectivity index (χ2v) is 4.88. The monoisotopic (exact) mass is 215 g/mol. The van der Waals surface area contributed by atoms with Crippen molar-refractivity contribution in [2.45, 2.75) is 33.1 Å². The molecular formula is C12H25NO2. The molecule has 1 heterocycles. The van der Waals surface area contributed by atoms with Crippen molar-refractivity contribution in [3.8, 4) is 0 Å². The van der Waals surface area contributed by atoms with Crippen molar-refractivity contribution in [1.82, 2.24) is 4.90 Å². The second kappa shape index (κ2) is 6.46. The molecule has 0 radical (unpaired) electrons. The van der Waals surface area contributed by atoms with E-state index in [9.17, 15) is 0 Å². The molecule has 0 aliphatic carbocycles. The third-order valence-electron chi connectivity index (χ3n) is 3.50. The van der Waals surface area contributed by atoms with Crippen molar-refractivity contribution in [1.29, 1.82) is 0 Å². The molecule has 0 amide bonds. The number of hydrogen-bond donors (Lipinski definition) is 1. The number of ether oxygens (including phenoxy) is 1. The van der Waals surface area contributed by atoms with E-state index in [1.54, 1.807) is 0 Å². The summed E-state index contributed by atoms with van der Waals surface area (Å²) in [5, 5.41) is 8.59. The Morgan fingerprint density at radius 1 is 1.40 bits per heavy atom. The largest absolute Gasteiger partial charge is 0.394 e. The van der Waals surface area contributed by atoms with Crippen LogP contribution in [-0.4, -0.2) is 49.5 Å². The van der Waals surface area contributed by atoms with Crippen molar-refractivity contribution >= 4 is 0 Å². The smallest absolute Gasteiger partial charge is 0.0698 e. The molecule has 0 saturated carbocycles. The van der Waals surface area contributed by atoms with Gasteiger partial charge in [0.25, 0.3) is 0 Å². The predicted octanol–water partition coefficient (Wildman–Crippen LogP) is 1.51. The summed E-state index contributed by atoms with van der Waals surface area (Å²) in [6, 6.07) is 0. The average Bonchev–Trinajstić information content (AvgIpc) is 2.25. The lowest BCUT2D eigenvalue weighted by Gasteiger charge is -2.40. The van der Waals surface area contributed by atoms with Gasteiger partial charge in [-0.1, -0.05) is 13.8 Å². The fraction of sp³-hybridized carbons (Fsp3) is 1.00. The van der Waals surface area contributed by atoms with Crippen LogP contribution in [0.5, 0.6) is 0 Å². The highest BCUT2D eigenvalue weighted by Gasteiger charge is 2.28. The summed E-state index contributed by atoms with van der Waals surface area (Å²) in [7, 11) is 0. The predicted molar refractivity (Wildman–Crippen MR) is 62.0 cm³/mol. The van der Waals surface area contributed by atoms with Gasteiger partial charge in [0.2, 0.25) is 0 Å². The molecule has 1 atom stereocenters. The summed E-state index contributed by atoms with van der Waals surface area (Å²) in [6.45, 7) is 9.44. The van der Waals surface area contributed by atoms with E-state index in [4.69, 9.17) is 9.84 Å². The summed E-state index contributed by atoms with van der Waals surface area (Å²) in [6.07, 6.45) is 3.93. The lowest BCUT2D eigenvalue weighted by Crippen LogP contribution is -2.42. The minimum absolute atomic E-state index is 0.132. The van der Waals surface area contributed by atoms with Crippen LogP contribution in [0.15, 0.2) is 0 Å². The second-order valence-electron chi connectivity index (χ2n) is 4.88. The van der Waals surface area contributed by atoms with E-state index in [1.165, 1.54) is 32.4 Å². The number of aliphatic hydroxyl groups is 1. The van der Waals surface area contributed by atoms with Gasteiger partial charge < -0.3 is 14.7 Å². The van der Waals surface area contributed by atoms with Gasteiger partial charge in [-0.2, -0.15) is 0 Å². The number of aliphatic hydroxyl groups excluding tert-OH is 1. The molecular weight excluding hydrogens is 190 g/mol. The Kier molecular flexibility index (Phi) is 5.58. The van der Waals surface area contributed by atoms with E-state index < -0.39 is 0 Å². The van der Waals surface area contributed by atoms with Crippen molar-refractivity contribution in [2.24, 2.45) is 5.41 Å². The number of piperidine rings is 1. The van der Waals surface area contributed by atoms with Crippen molar-refractivity contribution < 1.29 is 9.84 Å². The van der Waals surface area contributed by atoms with E-state index in [0.29, 0.717) is 12.0 Å². The molecule has 0 unspecified atom stereocenters. The maximum atomic E-state index is 8.59. The first kappa shape index (κ1) is 12.9. The van der Waals surface area contributed by atoms with Crippen LogP contribution in [0.1, 0.15) is 33.1 Å². The minimum atomic E-state index is 0.132. The molecule has 0 bridgehead atoms. The Bertz CT molecular complexity index is 175. The Balaban J connectivity index is 2.18. The zero-order valence-corrected chi connectivity index (χ0v) is 10.2. The van der Waals surface area contributed by atoms with Crippen LogP contribution in [0, 0.1) is 5.41 Å². The highest BCUT2D eigenvalue weighted by atomic mass is 16.5. The third-order valence-corrected chi connectivity index (χ3v) is 3.50. The fourth-order valence-corrected chi connectivity index (χ4v) is 2.27. The van der Waals surface area contributed by atoms with Crippen LogP contribution >= 0.6 is 0 Å². The van der Waals surface area contributed by atoms with Crippen LogP contribution in [-0.2, 0) is 4.74 Å². The molecule has 1 rings (SSSR count). The lowest BCUT2D eigenvalue weighted by atomic mass is 9.80. The minimum Gasteiger partial charge on any atom is -0.394 e. The quantitative estimate of drug-likeness (QED) is 0.682. The molecule has 90 valence electrons. The Morgan fingerprint density at radius 2 is 2.20 bits per heavy atom. The number of hydrogen-bond acceptors (Lipinski definition) is 3. The summed E-state index contributed by atoms with van der Waals surface area (Å²) < 4.78 is 5.30. The average molecular weight is 215 g/mol. The van der Waals surface area contributed by atoms with Gasteiger partial charge in [-0.3, -0.25) is 0 Å². The standard InChI is InChI=1S/C12H25NO2/c1-3-12(2)5-4-6-13(11-12)7-9-15-10-8-14/h14H,3-11H2,1-2H3/t12-/m0/s1. The Morgan fingerprint density at radius 3 is 2.87 bits per heavy atom. The molecule has 3 nitrogen and oxygen atoms in total. The van der Waals surface area contributed by atoms with E-state index in [0.717, 1.165) is 13.2 Å². The Hall–Kier alpha value is -0.120. The van der Waals surface area contributed by atoms with Crippen LogP contribution in [0.2, 0.25) is 0 Å². The van der Waals surface area contributed by atoms with Gasteiger partial charge in [-0.25, -0.2) is 0 Å². The van der Waals surface area contributed by atoms with E-state index >= 15 is 0 Å². The first-order valence-corrected chi connectivity index (χ1v) is 6.11. The fourth-order valence-electron chi connectivity index (χ4n) is 2.27. The summed E-state index contributed by atoms with van der Waals surface area (Å²) in [5.74, 6) is 0. The van der Waals surface area contributed by atoms with Crippen LogP contribution in [0.25, 0.3) is 0 Å². The lowest BCUT2D eigenvalue weighted by molar-refractivity contribution is 0.0442. The molecule has 1 fully saturated rings. The highest BCUT2D eigenvalue weighted by molar-refractivity contribution is 4.82. The number of likely N-dealkylation sites (tertiary alicyclic amines) is 1. The van der Waals surface area contributed by atoms with Gasteiger partial charge in [-0.15, -0.1) is 0 Å². The molecule has 1 N–H and O–H groups in total. The van der Waals surface area contributed by atoms with Gasteiger partial charge in [0, 0.05) is 13.1 Å². The molecule has 1 saturated heterocycles. The summed E-state index contributed by atoms with van der Waals surface area (Å²) >= 11 is 0. The molecule has 1 aliphatic rings. The molecule has 0 aromatic heterocycles. The molecule has 1 aliphatic heterocycles. The molecule has 0 aromatic carbocycles. The van der Waals surface area contributed by atoms with E-state index in [2.05, 4.69) is 18.7 Å². The number of nitrogens with zero attached hydrogens (tertiary/aromatic N) is 1. The van der Waals surface area contributed by atoms with Crippen molar-refractivity contribution in [3.63, 3.8) is 0 Å². The van der Waals surface area contributed by atoms with Crippen LogP contribution in [0.3, 0.4) is 0 Å². The molecule has 0 spiro atoms. The van der Waals surface area contributed by atoms with Crippen molar-refractivity contribution in [3.05, 3.63) is 0 Å². The van der Waals surface area contributed by atoms with Gasteiger partial charge in [-0.05, 0) is 31.2 Å². The summed E-state index contributed by atoms with van der Waals surface area (Å²) in [5.41, 5.74) is 0.509. The zero-order chi connectivity index (χ0) is 11.1. The first-order valence-electron chi connectivity index (χ1n) is 6.11. The van der Waals surface area contributed by atoms with Gasteiger partial charge in [0.05, 0.1) is 19.8 Å². The van der Waals surface area contributed by atoms with Crippen LogP contribution in [0.4, 0.5) is 0 Å². The van der Waals surface area contributed by atoms with Crippen LogP contribution < -0.4 is 0 Å². The summed E-state index contributed by atoms with van der Waals surface area (Å²) in [4.78, 5) is 2.49. The SMILES string of the molecule is CC[C@@]1(C)CCCN(CCOCCO)C1. The normalized spacial score (nSPS) is 28.2. The maximum Gasteiger partial charge on any atom is 0.0698 e. The first-order chi connectivity index (χ1) is 7.20. The van der Waals surface area contributed by atoms with Gasteiger partial charge >= 0.3 is 0 Å². The van der Waals surface area contributed by atoms with Gasteiger partial charge in [0.15, 0.2) is 0 Å². The molecule has 0 aromatic rings. The zero-order valence-electron chi connectivity index (χ0n) is 10.2.